The van der Waals surface area contributed by atoms with E-state index in [9.17, 15) is 0 Å². The number of fused-ring (bicyclic) bond motifs is 1. The minimum Gasteiger partial charge on any atom is -0.469 e. The number of hydrogen-bond donors (Lipinski definition) is 0. The molecule has 22 heavy (non-hydrogen) atoms. The Morgan fingerprint density at radius 2 is 1.59 bits per heavy atom. The van der Waals surface area contributed by atoms with Crippen LogP contribution in [0, 0.1) is 0 Å². The van der Waals surface area contributed by atoms with Crippen LogP contribution in [0.25, 0.3) is 10.8 Å². The Morgan fingerprint density at radius 3 is 2.50 bits per heavy atom. The van der Waals surface area contributed by atoms with Crippen LogP contribution < -0.4 is 0 Å². The molecule has 4 rings (SSSR count). The number of benzene rings is 3. The third kappa shape index (κ3) is 2.37. The van der Waals surface area contributed by atoms with E-state index >= 15 is 0 Å². The Kier molecular flexibility index (Phi) is 3.36. The van der Waals surface area contributed by atoms with E-state index in [4.69, 9.17) is 4.74 Å². The summed E-state index contributed by atoms with van der Waals surface area (Å²) in [5, 5.41) is 2.41. The molecule has 1 unspecified atom stereocenters. The van der Waals surface area contributed by atoms with E-state index in [-0.39, 0.29) is 6.10 Å². The topological polar surface area (TPSA) is 21.6 Å². The van der Waals surface area contributed by atoms with Gasteiger partial charge in [-0.1, -0.05) is 66.7 Å². The van der Waals surface area contributed by atoms with E-state index < -0.39 is 0 Å². The second-order valence-electron chi connectivity index (χ2n) is 5.52. The van der Waals surface area contributed by atoms with Crippen molar-refractivity contribution in [3.8, 4) is 0 Å². The second kappa shape index (κ2) is 5.64. The Balaban J connectivity index is 1.72. The molecule has 108 valence electrons. The van der Waals surface area contributed by atoms with Crippen molar-refractivity contribution in [1.82, 2.24) is 0 Å². The van der Waals surface area contributed by atoms with Gasteiger partial charge in [0.2, 0.25) is 5.90 Å². The zero-order valence-electron chi connectivity index (χ0n) is 12.3. The van der Waals surface area contributed by atoms with Gasteiger partial charge in [-0.25, -0.2) is 0 Å². The van der Waals surface area contributed by atoms with Crippen LogP contribution in [-0.2, 0) is 4.74 Å². The van der Waals surface area contributed by atoms with Crippen LogP contribution in [0.4, 0.5) is 0 Å². The molecule has 0 aromatic heterocycles. The maximum atomic E-state index is 6.22. The molecule has 0 aliphatic carbocycles. The van der Waals surface area contributed by atoms with Gasteiger partial charge in [-0.2, -0.15) is 0 Å². The van der Waals surface area contributed by atoms with Crippen molar-refractivity contribution < 1.29 is 4.74 Å². The molecule has 1 heterocycles. The lowest BCUT2D eigenvalue weighted by molar-refractivity contribution is 0.170. The molecule has 1 aliphatic rings. The van der Waals surface area contributed by atoms with Gasteiger partial charge in [0.15, 0.2) is 0 Å². The van der Waals surface area contributed by atoms with E-state index in [1.807, 2.05) is 6.07 Å². The SMILES string of the molecule is c1ccc(C2CCN=C(c3cccc4ccccc34)O2)cc1. The number of aliphatic imine (C=N–C) groups is 1. The predicted molar refractivity (Wildman–Crippen MR) is 90.2 cm³/mol. The normalized spacial score (nSPS) is 17.8. The molecule has 0 saturated carbocycles. The zero-order valence-corrected chi connectivity index (χ0v) is 12.3. The van der Waals surface area contributed by atoms with Crippen molar-refractivity contribution in [2.45, 2.75) is 12.5 Å². The number of ether oxygens (including phenoxy) is 1. The van der Waals surface area contributed by atoms with Gasteiger partial charge in [-0.05, 0) is 22.4 Å². The lowest BCUT2D eigenvalue weighted by Gasteiger charge is -2.24. The molecule has 2 nitrogen and oxygen atoms in total. The maximum Gasteiger partial charge on any atom is 0.217 e. The summed E-state index contributed by atoms with van der Waals surface area (Å²) in [5.74, 6) is 0.761. The van der Waals surface area contributed by atoms with Gasteiger partial charge in [0.25, 0.3) is 0 Å². The molecule has 3 aromatic carbocycles. The Morgan fingerprint density at radius 1 is 0.818 bits per heavy atom. The first kappa shape index (κ1) is 13.1. The van der Waals surface area contributed by atoms with Gasteiger partial charge < -0.3 is 4.74 Å². The van der Waals surface area contributed by atoms with Crippen molar-refractivity contribution in [2.24, 2.45) is 4.99 Å². The van der Waals surface area contributed by atoms with Crippen molar-refractivity contribution >= 4 is 16.7 Å². The average molecular weight is 287 g/mol. The van der Waals surface area contributed by atoms with E-state index in [2.05, 4.69) is 71.7 Å². The Hall–Kier alpha value is -2.61. The summed E-state index contributed by atoms with van der Waals surface area (Å²) >= 11 is 0. The first-order valence-corrected chi connectivity index (χ1v) is 7.66. The molecular weight excluding hydrogens is 270 g/mol. The van der Waals surface area contributed by atoms with Crippen molar-refractivity contribution in [1.29, 1.82) is 0 Å². The highest BCUT2D eigenvalue weighted by molar-refractivity contribution is 6.07. The molecule has 3 aromatic rings. The maximum absolute atomic E-state index is 6.22. The van der Waals surface area contributed by atoms with Crippen LogP contribution in [0.15, 0.2) is 77.8 Å². The molecule has 1 atom stereocenters. The third-order valence-electron chi connectivity index (χ3n) is 4.09. The molecule has 0 amide bonds. The van der Waals surface area contributed by atoms with Gasteiger partial charge in [-0.15, -0.1) is 0 Å². The molecule has 1 aliphatic heterocycles. The van der Waals surface area contributed by atoms with E-state index in [0.717, 1.165) is 24.4 Å². The summed E-state index contributed by atoms with van der Waals surface area (Å²) in [5.41, 5.74) is 2.30. The smallest absolute Gasteiger partial charge is 0.217 e. The molecule has 0 fully saturated rings. The lowest BCUT2D eigenvalue weighted by Crippen LogP contribution is -2.19. The van der Waals surface area contributed by atoms with Gasteiger partial charge >= 0.3 is 0 Å². The first-order chi connectivity index (χ1) is 10.9. The summed E-state index contributed by atoms with van der Waals surface area (Å²) in [4.78, 5) is 4.62. The van der Waals surface area contributed by atoms with E-state index in [1.54, 1.807) is 0 Å². The van der Waals surface area contributed by atoms with E-state index in [1.165, 1.54) is 16.3 Å². The number of rotatable bonds is 2. The van der Waals surface area contributed by atoms with Crippen LogP contribution in [0.1, 0.15) is 23.7 Å². The Labute approximate surface area is 130 Å². The van der Waals surface area contributed by atoms with Crippen molar-refractivity contribution in [3.05, 3.63) is 83.9 Å². The molecular formula is C20H17NO. The van der Waals surface area contributed by atoms with Gasteiger partial charge in [0, 0.05) is 18.5 Å². The highest BCUT2D eigenvalue weighted by atomic mass is 16.5. The quantitative estimate of drug-likeness (QED) is 0.666. The molecule has 0 radical (unpaired) electrons. The summed E-state index contributed by atoms with van der Waals surface area (Å²) in [6.07, 6.45) is 1.02. The highest BCUT2D eigenvalue weighted by Gasteiger charge is 2.21. The van der Waals surface area contributed by atoms with E-state index in [0.29, 0.717) is 0 Å². The fourth-order valence-corrected chi connectivity index (χ4v) is 2.98. The number of hydrogen-bond acceptors (Lipinski definition) is 2. The Bertz CT molecular complexity index is 818. The molecule has 0 bridgehead atoms. The second-order valence-corrected chi connectivity index (χ2v) is 5.52. The lowest BCUT2D eigenvalue weighted by atomic mass is 10.0. The molecule has 2 heteroatoms. The van der Waals surface area contributed by atoms with Crippen LogP contribution in [0.5, 0.6) is 0 Å². The largest absolute Gasteiger partial charge is 0.469 e. The first-order valence-electron chi connectivity index (χ1n) is 7.66. The van der Waals surface area contributed by atoms with Crippen LogP contribution >= 0.6 is 0 Å². The monoisotopic (exact) mass is 287 g/mol. The molecule has 0 spiro atoms. The predicted octanol–water partition coefficient (Wildman–Crippen LogP) is 4.75. The summed E-state index contributed by atoms with van der Waals surface area (Å²) in [6.45, 7) is 0.804. The van der Waals surface area contributed by atoms with Crippen molar-refractivity contribution in [3.63, 3.8) is 0 Å². The van der Waals surface area contributed by atoms with Crippen LogP contribution in [-0.4, -0.2) is 12.4 Å². The molecule has 0 saturated heterocycles. The highest BCUT2D eigenvalue weighted by Crippen LogP contribution is 2.28. The van der Waals surface area contributed by atoms with Crippen LogP contribution in [0.2, 0.25) is 0 Å². The number of nitrogens with zero attached hydrogens (tertiary/aromatic N) is 1. The zero-order chi connectivity index (χ0) is 14.8. The van der Waals surface area contributed by atoms with Gasteiger partial charge in [0.05, 0.1) is 0 Å². The summed E-state index contributed by atoms with van der Waals surface area (Å²) in [7, 11) is 0. The standard InChI is InChI=1S/C20H17NO/c1-2-8-16(9-3-1)19-13-14-21-20(22-19)18-12-6-10-15-7-4-5-11-17(15)18/h1-12,19H,13-14H2. The average Bonchev–Trinajstić information content (AvgIpc) is 2.62. The van der Waals surface area contributed by atoms with Crippen LogP contribution in [0.3, 0.4) is 0 Å². The van der Waals surface area contributed by atoms with Gasteiger partial charge in [-0.3, -0.25) is 4.99 Å². The minimum absolute atomic E-state index is 0.0904. The minimum atomic E-state index is 0.0904. The third-order valence-corrected chi connectivity index (χ3v) is 4.09. The summed E-state index contributed by atoms with van der Waals surface area (Å²) < 4.78 is 6.22. The molecule has 0 N–H and O–H groups in total. The van der Waals surface area contributed by atoms with Gasteiger partial charge in [0.1, 0.15) is 6.10 Å². The van der Waals surface area contributed by atoms with Crippen molar-refractivity contribution in [2.75, 3.05) is 6.54 Å². The summed E-state index contributed by atoms with van der Waals surface area (Å²) in [6, 6.07) is 25.0. The fraction of sp³-hybridized carbons (Fsp3) is 0.150. The fourth-order valence-electron chi connectivity index (χ4n) is 2.98.